The first-order valence-electron chi connectivity index (χ1n) is 7.80. The highest BCUT2D eigenvalue weighted by Crippen LogP contribution is 2.71. The normalized spacial score (nSPS) is 49.9. The molecular formula is C17H32. The Balaban J connectivity index is 2.29. The summed E-state index contributed by atoms with van der Waals surface area (Å²) in [5.41, 5.74) is 1.19. The first-order valence-corrected chi connectivity index (χ1v) is 7.80. The zero-order valence-electron chi connectivity index (χ0n) is 13.0. The van der Waals surface area contributed by atoms with Crippen LogP contribution in [0.4, 0.5) is 0 Å². The maximum absolute atomic E-state index is 2.60. The zero-order valence-corrected chi connectivity index (χ0v) is 13.0. The van der Waals surface area contributed by atoms with Crippen molar-refractivity contribution >= 4 is 0 Å². The fourth-order valence-corrected chi connectivity index (χ4v) is 5.54. The van der Waals surface area contributed by atoms with Crippen LogP contribution in [-0.4, -0.2) is 0 Å². The van der Waals surface area contributed by atoms with E-state index in [9.17, 15) is 0 Å². The van der Waals surface area contributed by atoms with Gasteiger partial charge in [0.25, 0.3) is 0 Å². The van der Waals surface area contributed by atoms with Crippen LogP contribution in [0.15, 0.2) is 0 Å². The summed E-state index contributed by atoms with van der Waals surface area (Å²) in [6.07, 6.45) is 4.23. The Kier molecular flexibility index (Phi) is 3.16. The number of fused-ring (bicyclic) bond motifs is 1. The number of hydrogen-bond donors (Lipinski definition) is 0. The smallest absolute Gasteiger partial charge is 0.0238 e. The van der Waals surface area contributed by atoms with Gasteiger partial charge in [-0.25, -0.2) is 0 Å². The van der Waals surface area contributed by atoms with Gasteiger partial charge in [0.15, 0.2) is 0 Å². The second kappa shape index (κ2) is 4.00. The molecule has 0 aromatic carbocycles. The second-order valence-corrected chi connectivity index (χ2v) is 7.83. The van der Waals surface area contributed by atoms with Crippen LogP contribution < -0.4 is 0 Å². The average Bonchev–Trinajstić information content (AvgIpc) is 2.43. The van der Waals surface area contributed by atoms with Crippen LogP contribution in [0.5, 0.6) is 0 Å². The van der Waals surface area contributed by atoms with Crippen molar-refractivity contribution in [2.24, 2.45) is 40.4 Å². The Morgan fingerprint density at radius 3 is 2.24 bits per heavy atom. The van der Waals surface area contributed by atoms with Gasteiger partial charge < -0.3 is 0 Å². The lowest BCUT2D eigenvalue weighted by Gasteiger charge is -2.56. The predicted octanol–water partition coefficient (Wildman–Crippen LogP) is 5.38. The third-order valence-electron chi connectivity index (χ3n) is 7.29. The summed E-state index contributed by atoms with van der Waals surface area (Å²) in [6.45, 7) is 17.4. The second-order valence-electron chi connectivity index (χ2n) is 7.83. The maximum atomic E-state index is 2.60. The first-order chi connectivity index (χ1) is 7.80. The summed E-state index contributed by atoms with van der Waals surface area (Å²) in [4.78, 5) is 0. The molecule has 6 atom stereocenters. The summed E-state index contributed by atoms with van der Waals surface area (Å²) >= 11 is 0. The monoisotopic (exact) mass is 236 g/mol. The topological polar surface area (TPSA) is 0 Å². The Labute approximate surface area is 109 Å². The molecule has 6 unspecified atom stereocenters. The van der Waals surface area contributed by atoms with Crippen LogP contribution in [0.2, 0.25) is 0 Å². The van der Waals surface area contributed by atoms with E-state index in [-0.39, 0.29) is 0 Å². The minimum atomic E-state index is 0.537. The van der Waals surface area contributed by atoms with E-state index in [1.54, 1.807) is 0 Å². The molecule has 2 aliphatic rings. The molecule has 2 fully saturated rings. The molecule has 0 spiro atoms. The minimum Gasteiger partial charge on any atom is -0.0651 e. The number of hydrogen-bond acceptors (Lipinski definition) is 0. The molecule has 2 rings (SSSR count). The fourth-order valence-electron chi connectivity index (χ4n) is 5.54. The molecule has 0 bridgehead atoms. The molecule has 0 aromatic heterocycles. The molecule has 0 saturated heterocycles. The van der Waals surface area contributed by atoms with Gasteiger partial charge in [-0.1, -0.05) is 61.3 Å². The van der Waals surface area contributed by atoms with Gasteiger partial charge in [-0.2, -0.15) is 0 Å². The van der Waals surface area contributed by atoms with Crippen molar-refractivity contribution in [3.63, 3.8) is 0 Å². The highest BCUT2D eigenvalue weighted by atomic mass is 14.7. The summed E-state index contributed by atoms with van der Waals surface area (Å²) in [5, 5.41) is 0. The first kappa shape index (κ1) is 13.4. The highest BCUT2D eigenvalue weighted by molar-refractivity contribution is 5.13. The van der Waals surface area contributed by atoms with E-state index < -0.39 is 0 Å². The van der Waals surface area contributed by atoms with Crippen LogP contribution in [0.25, 0.3) is 0 Å². The Morgan fingerprint density at radius 2 is 1.76 bits per heavy atom. The van der Waals surface area contributed by atoms with E-state index in [0.717, 1.165) is 29.6 Å². The molecule has 0 nitrogen and oxygen atoms in total. The van der Waals surface area contributed by atoms with E-state index >= 15 is 0 Å². The molecule has 0 heterocycles. The van der Waals surface area contributed by atoms with E-state index in [4.69, 9.17) is 0 Å². The summed E-state index contributed by atoms with van der Waals surface area (Å²) in [7, 11) is 0. The maximum Gasteiger partial charge on any atom is -0.0238 e. The number of rotatable bonds is 3. The quantitative estimate of drug-likeness (QED) is 0.617. The molecule has 0 aliphatic heterocycles. The van der Waals surface area contributed by atoms with E-state index in [2.05, 4.69) is 48.5 Å². The van der Waals surface area contributed by atoms with Gasteiger partial charge in [0.05, 0.1) is 0 Å². The van der Waals surface area contributed by atoms with Gasteiger partial charge in [0.1, 0.15) is 0 Å². The predicted molar refractivity (Wildman–Crippen MR) is 75.9 cm³/mol. The van der Waals surface area contributed by atoms with E-state index in [1.165, 1.54) is 19.3 Å². The molecule has 0 N–H and O–H groups in total. The summed E-state index contributed by atoms with van der Waals surface area (Å²) in [6, 6.07) is 0. The van der Waals surface area contributed by atoms with Gasteiger partial charge >= 0.3 is 0 Å². The Hall–Kier alpha value is 0. The molecule has 0 aromatic rings. The van der Waals surface area contributed by atoms with E-state index in [0.29, 0.717) is 10.8 Å². The van der Waals surface area contributed by atoms with Gasteiger partial charge in [-0.3, -0.25) is 0 Å². The van der Waals surface area contributed by atoms with Gasteiger partial charge in [-0.05, 0) is 46.8 Å². The molecule has 100 valence electrons. The van der Waals surface area contributed by atoms with Gasteiger partial charge in [0, 0.05) is 0 Å². The summed E-state index contributed by atoms with van der Waals surface area (Å²) in [5.74, 6) is 4.80. The lowest BCUT2D eigenvalue weighted by Crippen LogP contribution is -2.49. The zero-order chi connectivity index (χ0) is 13.0. The third kappa shape index (κ3) is 1.55. The lowest BCUT2D eigenvalue weighted by molar-refractivity contribution is -0.0741. The molecule has 0 heteroatoms. The molecule has 17 heavy (non-hydrogen) atoms. The van der Waals surface area contributed by atoms with Gasteiger partial charge in [0.2, 0.25) is 0 Å². The standard InChI is InChI=1S/C17H32/c1-8-13-10-14-15(16(5,6)9-2)11(3)12(4)17(13,14)7/h11-15H,8-10H2,1-7H3. The van der Waals surface area contributed by atoms with Crippen molar-refractivity contribution in [1.29, 1.82) is 0 Å². The van der Waals surface area contributed by atoms with Crippen molar-refractivity contribution in [1.82, 2.24) is 0 Å². The Morgan fingerprint density at radius 1 is 1.18 bits per heavy atom. The van der Waals surface area contributed by atoms with Crippen LogP contribution in [0, 0.1) is 40.4 Å². The van der Waals surface area contributed by atoms with Crippen molar-refractivity contribution in [2.75, 3.05) is 0 Å². The summed E-state index contributed by atoms with van der Waals surface area (Å²) < 4.78 is 0. The Bertz CT molecular complexity index is 290. The van der Waals surface area contributed by atoms with Gasteiger partial charge in [-0.15, -0.1) is 0 Å². The third-order valence-corrected chi connectivity index (χ3v) is 7.29. The van der Waals surface area contributed by atoms with Crippen molar-refractivity contribution < 1.29 is 0 Å². The highest BCUT2D eigenvalue weighted by Gasteiger charge is 2.65. The SMILES string of the molecule is CCC1CC2C(C(C)(C)CC)C(C)C(C)C12C. The molecule has 2 aliphatic carbocycles. The van der Waals surface area contributed by atoms with Crippen LogP contribution in [-0.2, 0) is 0 Å². The molecule has 2 saturated carbocycles. The van der Waals surface area contributed by atoms with Crippen LogP contribution in [0.1, 0.15) is 67.7 Å². The lowest BCUT2D eigenvalue weighted by atomic mass is 9.49. The van der Waals surface area contributed by atoms with Crippen molar-refractivity contribution in [3.8, 4) is 0 Å². The average molecular weight is 236 g/mol. The minimum absolute atomic E-state index is 0.537. The molecule has 0 radical (unpaired) electrons. The molecule has 0 amide bonds. The van der Waals surface area contributed by atoms with Crippen LogP contribution >= 0.6 is 0 Å². The van der Waals surface area contributed by atoms with Crippen LogP contribution in [0.3, 0.4) is 0 Å². The fraction of sp³-hybridized carbons (Fsp3) is 1.00. The van der Waals surface area contributed by atoms with Crippen molar-refractivity contribution in [2.45, 2.75) is 67.7 Å². The largest absolute Gasteiger partial charge is 0.0651 e. The van der Waals surface area contributed by atoms with Crippen molar-refractivity contribution in [3.05, 3.63) is 0 Å². The molecular weight excluding hydrogens is 204 g/mol. The van der Waals surface area contributed by atoms with E-state index in [1.807, 2.05) is 0 Å².